The first-order valence-corrected chi connectivity index (χ1v) is 8.54. The van der Waals surface area contributed by atoms with Crippen molar-refractivity contribution in [1.82, 2.24) is 20.1 Å². The molecule has 0 N–H and O–H groups in total. The van der Waals surface area contributed by atoms with Crippen LogP contribution < -0.4 is 0 Å². The Morgan fingerprint density at radius 1 is 1.48 bits per heavy atom. The highest BCUT2D eigenvalue weighted by atomic mass is 32.1. The van der Waals surface area contributed by atoms with Crippen LogP contribution in [0.4, 0.5) is 0 Å². The van der Waals surface area contributed by atoms with Crippen LogP contribution in [0.3, 0.4) is 0 Å². The lowest BCUT2D eigenvalue weighted by Gasteiger charge is -2.31. The molecule has 3 rings (SSSR count). The molecule has 0 aromatic carbocycles. The number of thiazole rings is 1. The van der Waals surface area contributed by atoms with Crippen LogP contribution in [0.25, 0.3) is 0 Å². The third kappa shape index (κ3) is 3.76. The first kappa shape index (κ1) is 16.1. The van der Waals surface area contributed by atoms with E-state index < -0.39 is 0 Å². The van der Waals surface area contributed by atoms with E-state index in [2.05, 4.69) is 15.2 Å². The Morgan fingerprint density at radius 2 is 2.30 bits per heavy atom. The van der Waals surface area contributed by atoms with Gasteiger partial charge in [-0.3, -0.25) is 4.79 Å². The van der Waals surface area contributed by atoms with Crippen molar-refractivity contribution >= 4 is 17.2 Å². The van der Waals surface area contributed by atoms with Crippen LogP contribution in [-0.4, -0.2) is 45.7 Å². The second-order valence-electron chi connectivity index (χ2n) is 5.87. The molecule has 0 radical (unpaired) electrons. The first-order valence-electron chi connectivity index (χ1n) is 7.66. The van der Waals surface area contributed by atoms with Crippen LogP contribution in [-0.2, 0) is 16.0 Å². The molecule has 23 heavy (non-hydrogen) atoms. The number of amides is 1. The summed E-state index contributed by atoms with van der Waals surface area (Å²) in [6.07, 6.45) is -0.0390. The molecule has 0 aliphatic carbocycles. The Bertz CT molecular complexity index is 682. The van der Waals surface area contributed by atoms with Crippen LogP contribution in [0.15, 0.2) is 9.80 Å². The summed E-state index contributed by atoms with van der Waals surface area (Å²) in [6, 6.07) is 0. The van der Waals surface area contributed by atoms with Gasteiger partial charge in [-0.15, -0.1) is 21.5 Å². The highest BCUT2D eigenvalue weighted by Crippen LogP contribution is 2.24. The second-order valence-corrected chi connectivity index (χ2v) is 6.93. The van der Waals surface area contributed by atoms with Crippen LogP contribution in [0.2, 0.25) is 0 Å². The van der Waals surface area contributed by atoms with Gasteiger partial charge < -0.3 is 14.1 Å². The average molecular weight is 336 g/mol. The summed E-state index contributed by atoms with van der Waals surface area (Å²) >= 11 is 1.56. The molecule has 1 aliphatic rings. The van der Waals surface area contributed by atoms with E-state index in [0.717, 1.165) is 10.7 Å². The van der Waals surface area contributed by atoms with E-state index >= 15 is 0 Å². The minimum atomic E-state index is -0.357. The number of carbonyl (C=O) groups is 1. The number of ether oxygens (including phenoxy) is 1. The van der Waals surface area contributed by atoms with Crippen LogP contribution >= 0.6 is 11.3 Å². The molecular formula is C15H20N4O3S. The summed E-state index contributed by atoms with van der Waals surface area (Å²) in [5, 5.41) is 11.0. The largest absolute Gasteiger partial charge is 0.422 e. The summed E-state index contributed by atoms with van der Waals surface area (Å²) in [7, 11) is 0. The molecule has 1 unspecified atom stereocenters. The molecular weight excluding hydrogens is 316 g/mol. The quantitative estimate of drug-likeness (QED) is 0.850. The predicted octanol–water partition coefficient (Wildman–Crippen LogP) is 2.10. The summed E-state index contributed by atoms with van der Waals surface area (Å²) in [5.41, 5.74) is 0.820. The van der Waals surface area contributed by atoms with Gasteiger partial charge in [0.25, 0.3) is 0 Å². The van der Waals surface area contributed by atoms with E-state index in [4.69, 9.17) is 9.15 Å². The number of hydrogen-bond donors (Lipinski definition) is 0. The molecule has 0 bridgehead atoms. The number of nitrogens with zero attached hydrogens (tertiary/aromatic N) is 4. The predicted molar refractivity (Wildman–Crippen MR) is 84.2 cm³/mol. The van der Waals surface area contributed by atoms with Crippen molar-refractivity contribution < 1.29 is 13.9 Å². The molecule has 8 heteroatoms. The van der Waals surface area contributed by atoms with Gasteiger partial charge >= 0.3 is 0 Å². The van der Waals surface area contributed by atoms with Crippen LogP contribution in [0.5, 0.6) is 0 Å². The standard InChI is InChI=1S/C15H20N4O3S/c1-9(2)14-17-18-15(22-14)12-7-19(4-5-21-12)13(20)6-11-8-23-10(3)16-11/h8-9,12H,4-7H2,1-3H3. The molecule has 3 heterocycles. The zero-order chi connectivity index (χ0) is 16.4. The van der Waals surface area contributed by atoms with Crippen LogP contribution in [0.1, 0.15) is 48.4 Å². The summed E-state index contributed by atoms with van der Waals surface area (Å²) in [4.78, 5) is 18.6. The second kappa shape index (κ2) is 6.76. The van der Waals surface area contributed by atoms with Crippen molar-refractivity contribution in [3.05, 3.63) is 27.9 Å². The molecule has 124 valence electrons. The van der Waals surface area contributed by atoms with Crippen molar-refractivity contribution in [3.63, 3.8) is 0 Å². The monoisotopic (exact) mass is 336 g/mol. The minimum Gasteiger partial charge on any atom is -0.422 e. The molecule has 2 aromatic heterocycles. The van der Waals surface area contributed by atoms with Gasteiger partial charge in [-0.25, -0.2) is 4.98 Å². The van der Waals surface area contributed by atoms with Gasteiger partial charge in [0.2, 0.25) is 17.7 Å². The lowest BCUT2D eigenvalue weighted by molar-refractivity contribution is -0.139. The van der Waals surface area contributed by atoms with Gasteiger partial charge in [-0.05, 0) is 6.92 Å². The molecule has 1 saturated heterocycles. The average Bonchev–Trinajstić information content (AvgIpc) is 3.17. The van der Waals surface area contributed by atoms with Crippen molar-refractivity contribution in [3.8, 4) is 0 Å². The maximum Gasteiger partial charge on any atom is 0.247 e. The number of rotatable bonds is 4. The maximum atomic E-state index is 12.4. The van der Waals surface area contributed by atoms with E-state index in [1.165, 1.54) is 0 Å². The van der Waals surface area contributed by atoms with Crippen LogP contribution in [0, 0.1) is 6.92 Å². The first-order chi connectivity index (χ1) is 11.0. The van der Waals surface area contributed by atoms with E-state index in [0.29, 0.717) is 37.9 Å². The lowest BCUT2D eigenvalue weighted by Crippen LogP contribution is -2.43. The van der Waals surface area contributed by atoms with Crippen molar-refractivity contribution in [2.45, 2.75) is 39.2 Å². The molecule has 1 fully saturated rings. The van der Waals surface area contributed by atoms with Crippen molar-refractivity contribution in [2.24, 2.45) is 0 Å². The van der Waals surface area contributed by atoms with Gasteiger partial charge in [0.1, 0.15) is 0 Å². The minimum absolute atomic E-state index is 0.0483. The van der Waals surface area contributed by atoms with Gasteiger partial charge in [0.05, 0.1) is 30.3 Å². The van der Waals surface area contributed by atoms with Crippen molar-refractivity contribution in [1.29, 1.82) is 0 Å². The summed E-state index contributed by atoms with van der Waals surface area (Å²) in [5.74, 6) is 1.25. The van der Waals surface area contributed by atoms with Crippen molar-refractivity contribution in [2.75, 3.05) is 19.7 Å². The molecule has 1 atom stereocenters. The third-order valence-corrected chi connectivity index (χ3v) is 4.47. The SMILES string of the molecule is Cc1nc(CC(=O)N2CCOC(c3nnc(C(C)C)o3)C2)cs1. The normalized spacial score (nSPS) is 18.6. The molecule has 2 aromatic rings. The molecule has 0 saturated carbocycles. The number of aryl methyl sites for hydroxylation is 1. The molecule has 7 nitrogen and oxygen atoms in total. The number of carbonyl (C=O) groups excluding carboxylic acids is 1. The third-order valence-electron chi connectivity index (χ3n) is 3.64. The fourth-order valence-electron chi connectivity index (χ4n) is 2.39. The smallest absolute Gasteiger partial charge is 0.247 e. The Labute approximate surface area is 138 Å². The molecule has 0 spiro atoms. The number of aromatic nitrogens is 3. The van der Waals surface area contributed by atoms with E-state index in [-0.39, 0.29) is 17.9 Å². The Balaban J connectivity index is 1.64. The van der Waals surface area contributed by atoms with Gasteiger partial charge in [-0.1, -0.05) is 13.8 Å². The van der Waals surface area contributed by atoms with E-state index in [1.54, 1.807) is 16.2 Å². The van der Waals surface area contributed by atoms with Gasteiger partial charge in [0.15, 0.2) is 6.10 Å². The zero-order valence-corrected chi connectivity index (χ0v) is 14.3. The van der Waals surface area contributed by atoms with Gasteiger partial charge in [-0.2, -0.15) is 0 Å². The van der Waals surface area contributed by atoms with E-state index in [1.807, 2.05) is 26.2 Å². The molecule has 1 amide bonds. The Kier molecular flexibility index (Phi) is 4.72. The highest BCUT2D eigenvalue weighted by molar-refractivity contribution is 7.09. The Hall–Kier alpha value is -1.80. The lowest BCUT2D eigenvalue weighted by atomic mass is 10.2. The fraction of sp³-hybridized carbons (Fsp3) is 0.600. The van der Waals surface area contributed by atoms with E-state index in [9.17, 15) is 4.79 Å². The summed E-state index contributed by atoms with van der Waals surface area (Å²) in [6.45, 7) is 7.39. The maximum absolute atomic E-state index is 12.4. The van der Waals surface area contributed by atoms with Gasteiger partial charge in [0, 0.05) is 17.8 Å². The highest BCUT2D eigenvalue weighted by Gasteiger charge is 2.29. The number of hydrogen-bond acceptors (Lipinski definition) is 7. The Morgan fingerprint density at radius 3 is 2.96 bits per heavy atom. The summed E-state index contributed by atoms with van der Waals surface area (Å²) < 4.78 is 11.3. The zero-order valence-electron chi connectivity index (χ0n) is 13.5. The topological polar surface area (TPSA) is 81.4 Å². The number of morpholine rings is 1. The fourth-order valence-corrected chi connectivity index (χ4v) is 3.00. The molecule has 1 aliphatic heterocycles.